The lowest BCUT2D eigenvalue weighted by molar-refractivity contribution is -0.134. The smallest absolute Gasteiger partial charge is 0.222 e. The maximum absolute atomic E-state index is 12.2. The zero-order valence-corrected chi connectivity index (χ0v) is 14.1. The summed E-state index contributed by atoms with van der Waals surface area (Å²) in [5.41, 5.74) is 0. The van der Waals surface area contributed by atoms with Crippen LogP contribution in [0.4, 0.5) is 0 Å². The molecule has 0 aromatic carbocycles. The van der Waals surface area contributed by atoms with Crippen molar-refractivity contribution in [2.24, 2.45) is 11.8 Å². The number of rotatable bonds is 8. The van der Waals surface area contributed by atoms with Gasteiger partial charge in [0.2, 0.25) is 11.8 Å². The average Bonchev–Trinajstić information content (AvgIpc) is 2.53. The lowest BCUT2D eigenvalue weighted by atomic mass is 9.81. The van der Waals surface area contributed by atoms with E-state index >= 15 is 0 Å². The molecule has 0 aromatic heterocycles. The Morgan fingerprint density at radius 2 is 2.05 bits per heavy atom. The minimum absolute atomic E-state index is 0.0316. The summed E-state index contributed by atoms with van der Waals surface area (Å²) in [6.07, 6.45) is 11.5. The summed E-state index contributed by atoms with van der Waals surface area (Å²) in [7, 11) is 0. The number of carbonyl (C=O) groups is 2. The van der Waals surface area contributed by atoms with E-state index in [0.29, 0.717) is 31.2 Å². The van der Waals surface area contributed by atoms with E-state index in [4.69, 9.17) is 6.42 Å². The predicted molar refractivity (Wildman–Crippen MR) is 89.1 cm³/mol. The van der Waals surface area contributed by atoms with Gasteiger partial charge < -0.3 is 10.2 Å². The molecule has 0 aromatic rings. The molecule has 2 unspecified atom stereocenters. The highest BCUT2D eigenvalue weighted by molar-refractivity contribution is 5.77. The summed E-state index contributed by atoms with van der Waals surface area (Å²) >= 11 is 0. The zero-order valence-electron chi connectivity index (χ0n) is 14.1. The molecule has 1 heterocycles. The summed E-state index contributed by atoms with van der Waals surface area (Å²) in [6, 6.07) is 0. The number of hydrogen-bond acceptors (Lipinski definition) is 2. The Balaban J connectivity index is 2.44. The highest BCUT2D eigenvalue weighted by Crippen LogP contribution is 2.29. The van der Waals surface area contributed by atoms with Crippen molar-refractivity contribution in [1.82, 2.24) is 10.2 Å². The lowest BCUT2D eigenvalue weighted by Crippen LogP contribution is -2.44. The summed E-state index contributed by atoms with van der Waals surface area (Å²) in [4.78, 5) is 26.1. The van der Waals surface area contributed by atoms with Crippen LogP contribution in [0.1, 0.15) is 58.8 Å². The van der Waals surface area contributed by atoms with Crippen molar-refractivity contribution in [3.63, 3.8) is 0 Å². The molecule has 0 spiro atoms. The first-order valence-corrected chi connectivity index (χ1v) is 8.60. The molecule has 0 saturated carbocycles. The number of amides is 2. The highest BCUT2D eigenvalue weighted by Gasteiger charge is 2.31. The second kappa shape index (κ2) is 10.3. The molecule has 22 heavy (non-hydrogen) atoms. The molecule has 4 nitrogen and oxygen atoms in total. The fraction of sp³-hybridized carbons (Fsp3) is 0.778. The summed E-state index contributed by atoms with van der Waals surface area (Å²) in [6.45, 7) is 6.17. The van der Waals surface area contributed by atoms with E-state index in [1.54, 1.807) is 0 Å². The Bertz CT molecular complexity index is 400. The summed E-state index contributed by atoms with van der Waals surface area (Å²) in [5, 5.41) is 2.74. The normalized spacial score (nSPS) is 21.2. The van der Waals surface area contributed by atoms with Gasteiger partial charge in [-0.3, -0.25) is 9.59 Å². The lowest BCUT2D eigenvalue weighted by Gasteiger charge is -2.38. The number of terminal acetylenes is 1. The van der Waals surface area contributed by atoms with Crippen LogP contribution in [0.25, 0.3) is 0 Å². The van der Waals surface area contributed by atoms with Crippen LogP contribution in [-0.4, -0.2) is 36.3 Å². The molecular weight excluding hydrogens is 276 g/mol. The number of carbonyl (C=O) groups excluding carboxylic acids is 2. The number of unbranched alkanes of at least 4 members (excludes halogenated alkanes) is 2. The molecule has 1 rings (SSSR count). The van der Waals surface area contributed by atoms with Crippen LogP contribution in [0.5, 0.6) is 0 Å². The van der Waals surface area contributed by atoms with Crippen LogP contribution in [0.15, 0.2) is 0 Å². The fourth-order valence-electron chi connectivity index (χ4n) is 3.18. The minimum Gasteiger partial charge on any atom is -0.345 e. The minimum atomic E-state index is 0.0316. The maximum atomic E-state index is 12.2. The third kappa shape index (κ3) is 6.09. The second-order valence-corrected chi connectivity index (χ2v) is 6.20. The topological polar surface area (TPSA) is 49.4 Å². The highest BCUT2D eigenvalue weighted by atomic mass is 16.2. The number of hydrogen-bond donors (Lipinski definition) is 1. The largest absolute Gasteiger partial charge is 0.345 e. The summed E-state index contributed by atoms with van der Waals surface area (Å²) in [5.74, 6) is 3.51. The third-order valence-corrected chi connectivity index (χ3v) is 4.60. The monoisotopic (exact) mass is 306 g/mol. The van der Waals surface area contributed by atoms with E-state index < -0.39 is 0 Å². The Hall–Kier alpha value is -1.50. The molecule has 2 amide bonds. The number of nitrogens with zero attached hydrogens (tertiary/aromatic N) is 1. The van der Waals surface area contributed by atoms with Crippen LogP contribution in [0, 0.1) is 24.2 Å². The molecule has 1 aliphatic rings. The van der Waals surface area contributed by atoms with Crippen molar-refractivity contribution in [2.75, 3.05) is 19.6 Å². The Labute approximate surface area is 135 Å². The molecule has 1 fully saturated rings. The zero-order chi connectivity index (χ0) is 16.4. The van der Waals surface area contributed by atoms with E-state index in [0.717, 1.165) is 45.2 Å². The van der Waals surface area contributed by atoms with Gasteiger partial charge in [0.1, 0.15) is 0 Å². The van der Waals surface area contributed by atoms with E-state index in [9.17, 15) is 9.59 Å². The number of piperidine rings is 1. The third-order valence-electron chi connectivity index (χ3n) is 4.60. The van der Waals surface area contributed by atoms with Crippen LogP contribution in [0.3, 0.4) is 0 Å². The van der Waals surface area contributed by atoms with Gasteiger partial charge in [0.05, 0.1) is 6.54 Å². The molecule has 1 N–H and O–H groups in total. The molecule has 4 heteroatoms. The first-order chi connectivity index (χ1) is 10.6. The molecule has 0 bridgehead atoms. The van der Waals surface area contributed by atoms with E-state index in [-0.39, 0.29) is 11.8 Å². The quantitative estimate of drug-likeness (QED) is 0.553. The standard InChI is InChI=1S/C18H30N2O2/c1-4-7-8-9-18(22)20-12-10-16(15(6-3)14-20)13-17(21)19-11-5-2/h2,15-16H,4,6-14H2,1,3H3,(H,19,21). The second-order valence-electron chi connectivity index (χ2n) is 6.20. The molecule has 124 valence electrons. The van der Waals surface area contributed by atoms with Crippen molar-refractivity contribution in [3.05, 3.63) is 0 Å². The van der Waals surface area contributed by atoms with Crippen molar-refractivity contribution in [3.8, 4) is 12.3 Å². The van der Waals surface area contributed by atoms with Gasteiger partial charge in [-0.15, -0.1) is 6.42 Å². The molecule has 2 atom stereocenters. The van der Waals surface area contributed by atoms with Gasteiger partial charge >= 0.3 is 0 Å². The maximum Gasteiger partial charge on any atom is 0.222 e. The number of likely N-dealkylation sites (tertiary alicyclic amines) is 1. The van der Waals surface area contributed by atoms with Gasteiger partial charge in [-0.05, 0) is 24.7 Å². The molecule has 1 aliphatic heterocycles. The van der Waals surface area contributed by atoms with Gasteiger partial charge in [-0.25, -0.2) is 0 Å². The van der Waals surface area contributed by atoms with Crippen LogP contribution >= 0.6 is 0 Å². The van der Waals surface area contributed by atoms with E-state index in [1.807, 2.05) is 4.90 Å². The van der Waals surface area contributed by atoms with E-state index in [1.165, 1.54) is 0 Å². The van der Waals surface area contributed by atoms with Crippen LogP contribution in [0.2, 0.25) is 0 Å². The van der Waals surface area contributed by atoms with E-state index in [2.05, 4.69) is 25.1 Å². The van der Waals surface area contributed by atoms with Gasteiger partial charge in [0.25, 0.3) is 0 Å². The molecular formula is C18H30N2O2. The Morgan fingerprint density at radius 3 is 2.68 bits per heavy atom. The van der Waals surface area contributed by atoms with Crippen LogP contribution < -0.4 is 5.32 Å². The predicted octanol–water partition coefficient (Wildman–Crippen LogP) is 2.58. The molecule has 0 radical (unpaired) electrons. The van der Waals surface area contributed by atoms with Crippen molar-refractivity contribution in [2.45, 2.75) is 58.8 Å². The summed E-state index contributed by atoms with van der Waals surface area (Å²) < 4.78 is 0. The molecule has 1 saturated heterocycles. The van der Waals surface area contributed by atoms with Gasteiger partial charge in [-0.1, -0.05) is 39.0 Å². The Kier molecular flexibility index (Phi) is 8.65. The molecule has 0 aliphatic carbocycles. The van der Waals surface area contributed by atoms with Crippen LogP contribution in [-0.2, 0) is 9.59 Å². The SMILES string of the molecule is C#CCNC(=O)CC1CCN(C(=O)CCCCC)CC1CC. The first-order valence-electron chi connectivity index (χ1n) is 8.60. The first kappa shape index (κ1) is 18.5. The van der Waals surface area contributed by atoms with Crippen molar-refractivity contribution >= 4 is 11.8 Å². The van der Waals surface area contributed by atoms with Crippen molar-refractivity contribution < 1.29 is 9.59 Å². The Morgan fingerprint density at radius 1 is 1.27 bits per heavy atom. The fourth-order valence-corrected chi connectivity index (χ4v) is 3.18. The van der Waals surface area contributed by atoms with Crippen molar-refractivity contribution in [1.29, 1.82) is 0 Å². The van der Waals surface area contributed by atoms with Gasteiger partial charge in [0.15, 0.2) is 0 Å². The average molecular weight is 306 g/mol. The van der Waals surface area contributed by atoms with Gasteiger partial charge in [-0.2, -0.15) is 0 Å². The number of nitrogens with one attached hydrogen (secondary N) is 1. The van der Waals surface area contributed by atoms with Gasteiger partial charge in [0, 0.05) is 25.9 Å².